The third kappa shape index (κ3) is 3.37. The van der Waals surface area contributed by atoms with Crippen LogP contribution in [0.5, 0.6) is 0 Å². The Bertz CT molecular complexity index is 531. The van der Waals surface area contributed by atoms with E-state index >= 15 is 0 Å². The first-order chi connectivity index (χ1) is 8.77. The maximum Gasteiger partial charge on any atom is 0.271 e. The Morgan fingerprint density at radius 3 is 2.83 bits per heavy atom. The Hall–Kier alpha value is -1.75. The van der Waals surface area contributed by atoms with Crippen LogP contribution in [-0.4, -0.2) is 22.4 Å². The second-order valence-corrected chi connectivity index (χ2v) is 4.56. The van der Waals surface area contributed by atoms with Crippen LogP contribution in [0.25, 0.3) is 0 Å². The van der Waals surface area contributed by atoms with Crippen molar-refractivity contribution in [2.45, 2.75) is 6.42 Å². The highest BCUT2D eigenvalue weighted by molar-refractivity contribution is 9.10. The average Bonchev–Trinajstić information content (AvgIpc) is 2.40. The van der Waals surface area contributed by atoms with Gasteiger partial charge in [-0.05, 0) is 46.1 Å². The van der Waals surface area contributed by atoms with Gasteiger partial charge in [-0.15, -0.1) is 0 Å². The van der Waals surface area contributed by atoms with Crippen LogP contribution in [-0.2, 0) is 6.42 Å². The van der Waals surface area contributed by atoms with Gasteiger partial charge in [-0.3, -0.25) is 9.78 Å². The lowest BCUT2D eigenvalue weighted by Crippen LogP contribution is -2.26. The zero-order valence-corrected chi connectivity index (χ0v) is 11.2. The molecule has 0 unspecified atom stereocenters. The third-order valence-electron chi connectivity index (χ3n) is 2.40. The van der Waals surface area contributed by atoms with Crippen LogP contribution in [0.2, 0.25) is 0 Å². The molecule has 0 aliphatic carbocycles. The Labute approximate surface area is 114 Å². The minimum absolute atomic E-state index is 0.175. The van der Waals surface area contributed by atoms with E-state index in [1.165, 1.54) is 0 Å². The lowest BCUT2D eigenvalue weighted by molar-refractivity contribution is 0.0948. The molecule has 0 saturated heterocycles. The van der Waals surface area contributed by atoms with Crippen LogP contribution >= 0.6 is 15.9 Å². The number of amides is 1. The zero-order chi connectivity index (χ0) is 12.8. The summed E-state index contributed by atoms with van der Waals surface area (Å²) < 4.78 is 0.698. The second kappa shape index (κ2) is 6.26. The number of halogens is 1. The molecule has 0 radical (unpaired) electrons. The lowest BCUT2D eigenvalue weighted by Gasteiger charge is -2.05. The summed E-state index contributed by atoms with van der Waals surface area (Å²) in [6.45, 7) is 0.563. The molecule has 2 heterocycles. The molecule has 0 saturated carbocycles. The molecule has 5 heteroatoms. The van der Waals surface area contributed by atoms with Gasteiger partial charge in [-0.2, -0.15) is 0 Å². The van der Waals surface area contributed by atoms with Gasteiger partial charge in [0.1, 0.15) is 5.69 Å². The predicted molar refractivity (Wildman–Crippen MR) is 72.2 cm³/mol. The molecule has 2 aromatic heterocycles. The van der Waals surface area contributed by atoms with E-state index in [0.29, 0.717) is 16.7 Å². The molecule has 0 aliphatic rings. The number of hydrogen-bond acceptors (Lipinski definition) is 3. The SMILES string of the molecule is O=C(NCCc1cccnc1)c1ncccc1Br. The molecule has 0 aliphatic heterocycles. The molecule has 92 valence electrons. The Kier molecular flexibility index (Phi) is 4.41. The zero-order valence-electron chi connectivity index (χ0n) is 9.64. The van der Waals surface area contributed by atoms with E-state index < -0.39 is 0 Å². The smallest absolute Gasteiger partial charge is 0.271 e. The minimum Gasteiger partial charge on any atom is -0.350 e. The molecule has 0 spiro atoms. The molecular weight excluding hydrogens is 294 g/mol. The fourth-order valence-corrected chi connectivity index (χ4v) is 1.94. The van der Waals surface area contributed by atoms with Gasteiger partial charge in [0.15, 0.2) is 0 Å². The number of pyridine rings is 2. The first kappa shape index (κ1) is 12.7. The molecule has 0 bridgehead atoms. The van der Waals surface area contributed by atoms with Crippen molar-refractivity contribution in [3.8, 4) is 0 Å². The standard InChI is InChI=1S/C13H12BrN3O/c14-11-4-2-7-16-12(11)13(18)17-8-5-10-3-1-6-15-9-10/h1-4,6-7,9H,5,8H2,(H,17,18). The summed E-state index contributed by atoms with van der Waals surface area (Å²) in [4.78, 5) is 19.9. The summed E-state index contributed by atoms with van der Waals surface area (Å²) in [5, 5.41) is 2.83. The van der Waals surface area contributed by atoms with Crippen molar-refractivity contribution < 1.29 is 4.79 Å². The molecule has 0 atom stereocenters. The van der Waals surface area contributed by atoms with Gasteiger partial charge >= 0.3 is 0 Å². The monoisotopic (exact) mass is 305 g/mol. The van der Waals surface area contributed by atoms with Gasteiger partial charge in [0.2, 0.25) is 0 Å². The predicted octanol–water partition coefficient (Wildman–Crippen LogP) is 2.21. The highest BCUT2D eigenvalue weighted by Gasteiger charge is 2.09. The van der Waals surface area contributed by atoms with E-state index in [2.05, 4.69) is 31.2 Å². The first-order valence-electron chi connectivity index (χ1n) is 5.55. The summed E-state index contributed by atoms with van der Waals surface area (Å²) in [6.07, 6.45) is 5.88. The van der Waals surface area contributed by atoms with E-state index in [4.69, 9.17) is 0 Å². The summed E-state index contributed by atoms with van der Waals surface area (Å²) in [7, 11) is 0. The van der Waals surface area contributed by atoms with Crippen LogP contribution in [0, 0.1) is 0 Å². The number of carbonyl (C=O) groups excluding carboxylic acids is 1. The molecule has 1 N–H and O–H groups in total. The van der Waals surface area contributed by atoms with Gasteiger partial charge < -0.3 is 5.32 Å². The van der Waals surface area contributed by atoms with Crippen molar-refractivity contribution in [3.63, 3.8) is 0 Å². The fourth-order valence-electron chi connectivity index (χ4n) is 1.50. The van der Waals surface area contributed by atoms with E-state index in [9.17, 15) is 4.79 Å². The van der Waals surface area contributed by atoms with Gasteiger partial charge in [0, 0.05) is 29.6 Å². The maximum atomic E-state index is 11.8. The van der Waals surface area contributed by atoms with Gasteiger partial charge in [-0.25, -0.2) is 4.98 Å². The van der Waals surface area contributed by atoms with Crippen LogP contribution in [0.4, 0.5) is 0 Å². The summed E-state index contributed by atoms with van der Waals surface area (Å²) in [5.74, 6) is -0.175. The van der Waals surface area contributed by atoms with Crippen molar-refractivity contribution >= 4 is 21.8 Å². The Balaban J connectivity index is 1.88. The van der Waals surface area contributed by atoms with Crippen molar-refractivity contribution in [3.05, 3.63) is 58.6 Å². The lowest BCUT2D eigenvalue weighted by atomic mass is 10.2. The number of aromatic nitrogens is 2. The quantitative estimate of drug-likeness (QED) is 0.942. The molecule has 2 rings (SSSR count). The molecule has 0 fully saturated rings. The highest BCUT2D eigenvalue weighted by atomic mass is 79.9. The number of nitrogens with one attached hydrogen (secondary N) is 1. The molecular formula is C13H12BrN3O. The van der Waals surface area contributed by atoms with Crippen molar-refractivity contribution in [2.75, 3.05) is 6.54 Å². The first-order valence-corrected chi connectivity index (χ1v) is 6.34. The summed E-state index contributed by atoms with van der Waals surface area (Å²) in [6, 6.07) is 7.43. The number of hydrogen-bond donors (Lipinski definition) is 1. The highest BCUT2D eigenvalue weighted by Crippen LogP contribution is 2.12. The molecule has 18 heavy (non-hydrogen) atoms. The molecule has 2 aromatic rings. The fraction of sp³-hybridized carbons (Fsp3) is 0.154. The van der Waals surface area contributed by atoms with Crippen LogP contribution in [0.15, 0.2) is 47.3 Å². The number of nitrogens with zero attached hydrogens (tertiary/aromatic N) is 2. The maximum absolute atomic E-state index is 11.8. The summed E-state index contributed by atoms with van der Waals surface area (Å²) >= 11 is 3.30. The topological polar surface area (TPSA) is 54.9 Å². The Morgan fingerprint density at radius 2 is 2.11 bits per heavy atom. The van der Waals surface area contributed by atoms with Crippen LogP contribution < -0.4 is 5.32 Å². The molecule has 0 aromatic carbocycles. The second-order valence-electron chi connectivity index (χ2n) is 3.70. The number of rotatable bonds is 4. The largest absolute Gasteiger partial charge is 0.350 e. The van der Waals surface area contributed by atoms with Crippen LogP contribution in [0.1, 0.15) is 16.1 Å². The van der Waals surface area contributed by atoms with Crippen LogP contribution in [0.3, 0.4) is 0 Å². The van der Waals surface area contributed by atoms with E-state index in [1.54, 1.807) is 30.7 Å². The minimum atomic E-state index is -0.175. The van der Waals surface area contributed by atoms with E-state index in [1.807, 2.05) is 12.1 Å². The molecule has 4 nitrogen and oxygen atoms in total. The van der Waals surface area contributed by atoms with Crippen molar-refractivity contribution in [1.29, 1.82) is 0 Å². The third-order valence-corrected chi connectivity index (χ3v) is 3.04. The van der Waals surface area contributed by atoms with Gasteiger partial charge in [-0.1, -0.05) is 6.07 Å². The van der Waals surface area contributed by atoms with Crippen molar-refractivity contribution in [2.24, 2.45) is 0 Å². The normalized spacial score (nSPS) is 10.1. The van der Waals surface area contributed by atoms with E-state index in [-0.39, 0.29) is 5.91 Å². The average molecular weight is 306 g/mol. The summed E-state index contributed by atoms with van der Waals surface area (Å²) in [5.41, 5.74) is 1.50. The number of carbonyl (C=O) groups is 1. The Morgan fingerprint density at radius 1 is 1.28 bits per heavy atom. The van der Waals surface area contributed by atoms with Crippen molar-refractivity contribution in [1.82, 2.24) is 15.3 Å². The molecule has 1 amide bonds. The van der Waals surface area contributed by atoms with E-state index in [0.717, 1.165) is 12.0 Å². The van der Waals surface area contributed by atoms with Gasteiger partial charge in [0.05, 0.1) is 0 Å². The van der Waals surface area contributed by atoms with Gasteiger partial charge in [0.25, 0.3) is 5.91 Å².